The van der Waals surface area contributed by atoms with E-state index in [-0.39, 0.29) is 11.6 Å². The first kappa shape index (κ1) is 12.5. The van der Waals surface area contributed by atoms with Crippen LogP contribution in [0.3, 0.4) is 0 Å². The number of hydrogen-bond donors (Lipinski definition) is 2. The van der Waals surface area contributed by atoms with Gasteiger partial charge >= 0.3 is 5.97 Å². The van der Waals surface area contributed by atoms with Gasteiger partial charge in [0, 0.05) is 25.2 Å². The predicted octanol–water partition coefficient (Wildman–Crippen LogP) is 1.80. The maximum absolute atomic E-state index is 10.9. The Labute approximate surface area is 116 Å². The van der Waals surface area contributed by atoms with Crippen molar-refractivity contribution in [2.24, 2.45) is 0 Å². The average Bonchev–Trinajstić information content (AvgIpc) is 2.90. The first-order valence-corrected chi connectivity index (χ1v) is 6.35. The van der Waals surface area contributed by atoms with Crippen LogP contribution in [0, 0.1) is 0 Å². The normalized spacial score (nSPS) is 17.1. The quantitative estimate of drug-likeness (QED) is 0.891. The van der Waals surface area contributed by atoms with Crippen LogP contribution >= 0.6 is 0 Å². The minimum Gasteiger partial charge on any atom is -0.497 e. The zero-order valence-corrected chi connectivity index (χ0v) is 11.0. The van der Waals surface area contributed by atoms with E-state index >= 15 is 0 Å². The molecule has 0 spiro atoms. The second-order valence-corrected chi connectivity index (χ2v) is 4.76. The first-order chi connectivity index (χ1) is 9.67. The zero-order chi connectivity index (χ0) is 14.1. The van der Waals surface area contributed by atoms with E-state index in [9.17, 15) is 4.79 Å². The van der Waals surface area contributed by atoms with E-state index in [1.54, 1.807) is 13.3 Å². The number of anilines is 1. The predicted molar refractivity (Wildman–Crippen MR) is 73.4 cm³/mol. The van der Waals surface area contributed by atoms with Gasteiger partial charge in [0.1, 0.15) is 5.75 Å². The number of carboxylic acids is 1. The highest BCUT2D eigenvalue weighted by atomic mass is 16.5. The van der Waals surface area contributed by atoms with Crippen LogP contribution in [0.4, 0.5) is 5.95 Å². The number of hydrogen-bond acceptors (Lipinski definition) is 4. The lowest BCUT2D eigenvalue weighted by molar-refractivity contribution is 0.0691. The third kappa shape index (κ3) is 2.20. The van der Waals surface area contributed by atoms with E-state index in [0.29, 0.717) is 12.5 Å². The number of carboxylic acid groups (broad SMARTS) is 1. The van der Waals surface area contributed by atoms with E-state index < -0.39 is 5.97 Å². The average molecular weight is 273 g/mol. The molecule has 0 fully saturated rings. The van der Waals surface area contributed by atoms with Crippen LogP contribution in [0.1, 0.15) is 22.0 Å². The number of benzene rings is 1. The van der Waals surface area contributed by atoms with Crippen molar-refractivity contribution >= 4 is 11.9 Å². The molecular weight excluding hydrogens is 258 g/mol. The minimum absolute atomic E-state index is 0.0683. The van der Waals surface area contributed by atoms with Crippen molar-refractivity contribution in [3.05, 3.63) is 41.7 Å². The number of methoxy groups -OCH3 is 1. The van der Waals surface area contributed by atoms with Gasteiger partial charge in [0.2, 0.25) is 5.95 Å². The molecule has 0 amide bonds. The molecule has 1 aliphatic heterocycles. The van der Waals surface area contributed by atoms with E-state index in [4.69, 9.17) is 9.84 Å². The highest BCUT2D eigenvalue weighted by Crippen LogP contribution is 2.27. The molecule has 20 heavy (non-hydrogen) atoms. The van der Waals surface area contributed by atoms with E-state index in [0.717, 1.165) is 17.9 Å². The number of rotatable bonds is 3. The number of ether oxygens (including phenoxy) is 1. The lowest BCUT2D eigenvalue weighted by Gasteiger charge is -2.25. The minimum atomic E-state index is -1.01. The summed E-state index contributed by atoms with van der Waals surface area (Å²) in [5.74, 6) is 0.687. The van der Waals surface area contributed by atoms with Crippen LogP contribution in [-0.2, 0) is 6.54 Å². The number of carbonyl (C=O) groups is 1. The summed E-state index contributed by atoms with van der Waals surface area (Å²) in [5.41, 5.74) is 1.23. The smallest absolute Gasteiger partial charge is 0.356 e. The van der Waals surface area contributed by atoms with Crippen molar-refractivity contribution < 1.29 is 14.6 Å². The van der Waals surface area contributed by atoms with Gasteiger partial charge in [-0.2, -0.15) is 0 Å². The molecule has 2 aromatic rings. The topological polar surface area (TPSA) is 76.4 Å². The molecule has 0 saturated heterocycles. The standard InChI is InChI=1S/C14H15N3O3/c1-20-11-4-2-3-9(5-11)10-6-15-14-16-12(13(18)19)8-17(14)7-10/h2-5,8,10H,6-7H2,1H3,(H,15,16)(H,18,19). The van der Waals surface area contributed by atoms with Crippen molar-refractivity contribution in [1.29, 1.82) is 0 Å². The van der Waals surface area contributed by atoms with Crippen LogP contribution in [-0.4, -0.2) is 34.3 Å². The molecule has 6 heteroatoms. The number of fused-ring (bicyclic) bond motifs is 1. The number of nitrogens with one attached hydrogen (secondary N) is 1. The van der Waals surface area contributed by atoms with Crippen molar-refractivity contribution in [2.45, 2.75) is 12.5 Å². The van der Waals surface area contributed by atoms with Crippen LogP contribution < -0.4 is 10.1 Å². The Hall–Kier alpha value is -2.50. The molecule has 104 valence electrons. The number of imidazole rings is 1. The summed E-state index contributed by atoms with van der Waals surface area (Å²) in [5, 5.41) is 12.1. The Balaban J connectivity index is 1.85. The van der Waals surface area contributed by atoms with Crippen LogP contribution in [0.25, 0.3) is 0 Å². The Morgan fingerprint density at radius 1 is 1.55 bits per heavy atom. The molecule has 2 N–H and O–H groups in total. The SMILES string of the molecule is COc1cccc(C2CNc3nc(C(=O)O)cn3C2)c1. The van der Waals surface area contributed by atoms with Crippen molar-refractivity contribution in [1.82, 2.24) is 9.55 Å². The summed E-state index contributed by atoms with van der Waals surface area (Å²) in [6.07, 6.45) is 1.57. The van der Waals surface area contributed by atoms with Gasteiger partial charge in [-0.3, -0.25) is 0 Å². The molecule has 2 heterocycles. The molecule has 6 nitrogen and oxygen atoms in total. The molecule has 0 radical (unpaired) electrons. The molecule has 1 unspecified atom stereocenters. The fraction of sp³-hybridized carbons (Fsp3) is 0.286. The molecule has 0 bridgehead atoms. The zero-order valence-electron chi connectivity index (χ0n) is 11.0. The highest BCUT2D eigenvalue weighted by molar-refractivity contribution is 5.85. The third-order valence-electron chi connectivity index (χ3n) is 3.48. The summed E-state index contributed by atoms with van der Waals surface area (Å²) >= 11 is 0. The molecule has 1 aromatic carbocycles. The van der Waals surface area contributed by atoms with Gasteiger partial charge < -0.3 is 19.7 Å². The third-order valence-corrected chi connectivity index (χ3v) is 3.48. The van der Waals surface area contributed by atoms with Crippen LogP contribution in [0.15, 0.2) is 30.5 Å². The molecular formula is C14H15N3O3. The van der Waals surface area contributed by atoms with Crippen molar-refractivity contribution in [3.63, 3.8) is 0 Å². The number of aromatic carboxylic acids is 1. The molecule has 0 saturated carbocycles. The van der Waals surface area contributed by atoms with Gasteiger partial charge in [-0.05, 0) is 17.7 Å². The fourth-order valence-electron chi connectivity index (χ4n) is 2.43. The number of aromatic nitrogens is 2. The van der Waals surface area contributed by atoms with Gasteiger partial charge in [-0.15, -0.1) is 0 Å². The summed E-state index contributed by atoms with van der Waals surface area (Å²) in [7, 11) is 1.64. The monoisotopic (exact) mass is 273 g/mol. The Bertz CT molecular complexity index is 651. The van der Waals surface area contributed by atoms with Gasteiger partial charge in [-0.1, -0.05) is 12.1 Å². The lowest BCUT2D eigenvalue weighted by Crippen LogP contribution is -2.25. The fourth-order valence-corrected chi connectivity index (χ4v) is 2.43. The van der Waals surface area contributed by atoms with Crippen molar-refractivity contribution in [2.75, 3.05) is 19.0 Å². The van der Waals surface area contributed by atoms with Gasteiger partial charge in [0.05, 0.1) is 7.11 Å². The maximum atomic E-state index is 10.9. The van der Waals surface area contributed by atoms with Crippen molar-refractivity contribution in [3.8, 4) is 5.75 Å². The van der Waals surface area contributed by atoms with Gasteiger partial charge in [0.25, 0.3) is 0 Å². The molecule has 1 aliphatic rings. The first-order valence-electron chi connectivity index (χ1n) is 6.35. The largest absolute Gasteiger partial charge is 0.497 e. The Kier molecular flexibility index (Phi) is 3.06. The van der Waals surface area contributed by atoms with E-state index in [2.05, 4.69) is 16.4 Å². The summed E-state index contributed by atoms with van der Waals surface area (Å²) in [4.78, 5) is 15.0. The second-order valence-electron chi connectivity index (χ2n) is 4.76. The summed E-state index contributed by atoms with van der Waals surface area (Å²) < 4.78 is 7.08. The lowest BCUT2D eigenvalue weighted by atomic mass is 9.97. The molecule has 0 aliphatic carbocycles. The van der Waals surface area contributed by atoms with Crippen LogP contribution in [0.5, 0.6) is 5.75 Å². The van der Waals surface area contributed by atoms with Gasteiger partial charge in [-0.25, -0.2) is 9.78 Å². The number of nitrogens with zero attached hydrogens (tertiary/aromatic N) is 2. The highest BCUT2D eigenvalue weighted by Gasteiger charge is 2.23. The second kappa shape index (κ2) is 4.88. The Morgan fingerprint density at radius 3 is 3.15 bits per heavy atom. The van der Waals surface area contributed by atoms with E-state index in [1.807, 2.05) is 22.8 Å². The van der Waals surface area contributed by atoms with Crippen LogP contribution in [0.2, 0.25) is 0 Å². The molecule has 1 atom stereocenters. The Morgan fingerprint density at radius 2 is 2.40 bits per heavy atom. The summed E-state index contributed by atoms with van der Waals surface area (Å²) in [6.45, 7) is 1.43. The van der Waals surface area contributed by atoms with Gasteiger partial charge in [0.15, 0.2) is 5.69 Å². The maximum Gasteiger partial charge on any atom is 0.356 e. The summed E-state index contributed by atoms with van der Waals surface area (Å²) in [6, 6.07) is 7.92. The molecule has 3 rings (SSSR count). The molecule has 1 aromatic heterocycles. The van der Waals surface area contributed by atoms with E-state index in [1.165, 1.54) is 0 Å².